The number of carbonyl (C=O) groups is 1. The number of carbonyl (C=O) groups excluding carboxylic acids is 1. The van der Waals surface area contributed by atoms with E-state index in [1.807, 2.05) is 25.7 Å². The summed E-state index contributed by atoms with van der Waals surface area (Å²) in [5.74, 6) is 1.43. The molecular formula is C15H25ClN4O. The molecule has 0 aliphatic heterocycles. The Morgan fingerprint density at radius 1 is 1.29 bits per heavy atom. The second-order valence-corrected chi connectivity index (χ2v) is 6.72. The van der Waals surface area contributed by atoms with Gasteiger partial charge in [0.05, 0.1) is 6.54 Å². The first kappa shape index (κ1) is 17.7. The van der Waals surface area contributed by atoms with E-state index in [2.05, 4.69) is 16.9 Å². The normalized spacial score (nSPS) is 11.4. The third-order valence-corrected chi connectivity index (χ3v) is 3.19. The average molecular weight is 313 g/mol. The van der Waals surface area contributed by atoms with Gasteiger partial charge in [0.1, 0.15) is 16.8 Å². The SMILES string of the molecule is CCCN(CC(=O)N(C)C)c1cc(Cl)nc(C(C)(C)C)n1. The Morgan fingerprint density at radius 3 is 2.38 bits per heavy atom. The summed E-state index contributed by atoms with van der Waals surface area (Å²) < 4.78 is 0. The maximum atomic E-state index is 12.0. The summed E-state index contributed by atoms with van der Waals surface area (Å²) in [6.45, 7) is 9.22. The van der Waals surface area contributed by atoms with Gasteiger partial charge in [0.25, 0.3) is 0 Å². The number of aromatic nitrogens is 2. The summed E-state index contributed by atoms with van der Waals surface area (Å²) >= 11 is 6.13. The smallest absolute Gasteiger partial charge is 0.241 e. The van der Waals surface area contributed by atoms with Gasteiger partial charge in [-0.25, -0.2) is 9.97 Å². The van der Waals surface area contributed by atoms with Gasteiger partial charge in [0.15, 0.2) is 0 Å². The fraction of sp³-hybridized carbons (Fsp3) is 0.667. The minimum Gasteiger partial charge on any atom is -0.347 e. The highest BCUT2D eigenvalue weighted by Crippen LogP contribution is 2.24. The van der Waals surface area contributed by atoms with E-state index in [9.17, 15) is 4.79 Å². The number of nitrogens with zero attached hydrogens (tertiary/aromatic N) is 4. The van der Waals surface area contributed by atoms with Gasteiger partial charge in [-0.1, -0.05) is 39.3 Å². The standard InChI is InChI=1S/C15H25ClN4O/c1-7-8-20(10-13(21)19(5)6)12-9-11(16)17-14(18-12)15(2,3)4/h9H,7-8,10H2,1-6H3. The van der Waals surface area contributed by atoms with Gasteiger partial charge in [-0.15, -0.1) is 0 Å². The van der Waals surface area contributed by atoms with E-state index >= 15 is 0 Å². The van der Waals surface area contributed by atoms with Crippen LogP contribution >= 0.6 is 11.6 Å². The summed E-state index contributed by atoms with van der Waals surface area (Å²) in [7, 11) is 3.50. The van der Waals surface area contributed by atoms with Crippen LogP contribution in [0.2, 0.25) is 5.15 Å². The van der Waals surface area contributed by atoms with Crippen LogP contribution in [-0.2, 0) is 10.2 Å². The van der Waals surface area contributed by atoms with Crippen molar-refractivity contribution in [3.05, 3.63) is 17.0 Å². The number of halogens is 1. The lowest BCUT2D eigenvalue weighted by molar-refractivity contribution is -0.127. The largest absolute Gasteiger partial charge is 0.347 e. The number of hydrogen-bond acceptors (Lipinski definition) is 4. The van der Waals surface area contributed by atoms with Gasteiger partial charge in [-0.05, 0) is 6.42 Å². The lowest BCUT2D eigenvalue weighted by atomic mass is 9.96. The molecule has 1 amide bonds. The van der Waals surface area contributed by atoms with E-state index < -0.39 is 0 Å². The van der Waals surface area contributed by atoms with Crippen LogP contribution in [0, 0.1) is 0 Å². The van der Waals surface area contributed by atoms with Crippen LogP contribution < -0.4 is 4.90 Å². The van der Waals surface area contributed by atoms with Crippen LogP contribution in [0.3, 0.4) is 0 Å². The number of anilines is 1. The van der Waals surface area contributed by atoms with E-state index in [1.165, 1.54) is 0 Å². The molecule has 0 saturated carbocycles. The molecule has 0 spiro atoms. The Balaban J connectivity index is 3.13. The molecule has 0 atom stereocenters. The molecule has 1 aromatic heterocycles. The lowest BCUT2D eigenvalue weighted by Gasteiger charge is -2.26. The summed E-state index contributed by atoms with van der Waals surface area (Å²) in [5.41, 5.74) is -0.191. The molecule has 0 N–H and O–H groups in total. The molecule has 5 nitrogen and oxygen atoms in total. The number of hydrogen-bond donors (Lipinski definition) is 0. The topological polar surface area (TPSA) is 49.3 Å². The zero-order chi connectivity index (χ0) is 16.2. The highest BCUT2D eigenvalue weighted by atomic mass is 35.5. The van der Waals surface area contributed by atoms with Crippen LogP contribution in [0.1, 0.15) is 39.9 Å². The maximum absolute atomic E-state index is 12.0. The Labute approximate surface area is 132 Å². The fourth-order valence-corrected chi connectivity index (χ4v) is 1.93. The molecular weight excluding hydrogens is 288 g/mol. The summed E-state index contributed by atoms with van der Waals surface area (Å²) in [6.07, 6.45) is 0.924. The van der Waals surface area contributed by atoms with Crippen molar-refractivity contribution in [1.82, 2.24) is 14.9 Å². The first-order valence-electron chi connectivity index (χ1n) is 7.15. The van der Waals surface area contributed by atoms with E-state index in [-0.39, 0.29) is 17.9 Å². The molecule has 0 aliphatic carbocycles. The van der Waals surface area contributed by atoms with Gasteiger partial charge >= 0.3 is 0 Å². The molecule has 0 radical (unpaired) electrons. The monoisotopic (exact) mass is 312 g/mol. The molecule has 0 saturated heterocycles. The van der Waals surface area contributed by atoms with E-state index in [4.69, 9.17) is 11.6 Å². The van der Waals surface area contributed by atoms with Gasteiger partial charge in [-0.2, -0.15) is 0 Å². The molecule has 0 aromatic carbocycles. The van der Waals surface area contributed by atoms with Crippen LogP contribution in [-0.4, -0.2) is 48.0 Å². The number of rotatable bonds is 5. The molecule has 21 heavy (non-hydrogen) atoms. The molecule has 1 heterocycles. The zero-order valence-corrected chi connectivity index (χ0v) is 14.5. The highest BCUT2D eigenvalue weighted by molar-refractivity contribution is 6.29. The highest BCUT2D eigenvalue weighted by Gasteiger charge is 2.21. The van der Waals surface area contributed by atoms with Gasteiger partial charge in [0, 0.05) is 32.1 Å². The average Bonchev–Trinajstić information content (AvgIpc) is 2.36. The maximum Gasteiger partial charge on any atom is 0.241 e. The quantitative estimate of drug-likeness (QED) is 0.784. The molecule has 0 bridgehead atoms. The van der Waals surface area contributed by atoms with E-state index in [1.54, 1.807) is 25.1 Å². The van der Waals surface area contributed by atoms with Gasteiger partial charge in [-0.3, -0.25) is 4.79 Å². The first-order valence-corrected chi connectivity index (χ1v) is 7.53. The van der Waals surface area contributed by atoms with Crippen LogP contribution in [0.4, 0.5) is 5.82 Å². The molecule has 0 unspecified atom stereocenters. The van der Waals surface area contributed by atoms with Gasteiger partial charge < -0.3 is 9.80 Å². The van der Waals surface area contributed by atoms with Gasteiger partial charge in [0.2, 0.25) is 5.91 Å². The van der Waals surface area contributed by atoms with E-state index in [0.717, 1.165) is 13.0 Å². The lowest BCUT2D eigenvalue weighted by Crippen LogP contribution is -2.38. The molecule has 1 rings (SSSR count). The minimum absolute atomic E-state index is 0.0375. The number of amides is 1. The van der Waals surface area contributed by atoms with Crippen molar-refractivity contribution in [3.8, 4) is 0 Å². The first-order chi connectivity index (χ1) is 9.65. The minimum atomic E-state index is -0.191. The predicted octanol–water partition coefficient (Wildman–Crippen LogP) is 2.73. The second-order valence-electron chi connectivity index (χ2n) is 6.33. The summed E-state index contributed by atoms with van der Waals surface area (Å²) in [6, 6.07) is 1.72. The predicted molar refractivity (Wildman–Crippen MR) is 86.9 cm³/mol. The third kappa shape index (κ3) is 5.16. The van der Waals surface area contributed by atoms with Crippen molar-refractivity contribution < 1.29 is 4.79 Å². The van der Waals surface area contributed by atoms with Crippen molar-refractivity contribution >= 4 is 23.3 Å². The molecule has 6 heteroatoms. The Bertz CT molecular complexity index is 497. The van der Waals surface area contributed by atoms with Crippen LogP contribution in [0.5, 0.6) is 0 Å². The fourth-order valence-electron chi connectivity index (χ4n) is 1.75. The third-order valence-electron chi connectivity index (χ3n) is 2.99. The van der Waals surface area contributed by atoms with Crippen LogP contribution in [0.25, 0.3) is 0 Å². The Kier molecular flexibility index (Phi) is 5.96. The van der Waals surface area contributed by atoms with Crippen molar-refractivity contribution in [1.29, 1.82) is 0 Å². The zero-order valence-electron chi connectivity index (χ0n) is 13.8. The van der Waals surface area contributed by atoms with Crippen molar-refractivity contribution in [2.24, 2.45) is 0 Å². The molecule has 1 aromatic rings. The van der Waals surface area contributed by atoms with E-state index in [0.29, 0.717) is 16.8 Å². The Morgan fingerprint density at radius 2 is 1.90 bits per heavy atom. The van der Waals surface area contributed by atoms with Crippen molar-refractivity contribution in [2.75, 3.05) is 32.1 Å². The van der Waals surface area contributed by atoms with Crippen molar-refractivity contribution in [3.63, 3.8) is 0 Å². The van der Waals surface area contributed by atoms with Crippen molar-refractivity contribution in [2.45, 2.75) is 39.5 Å². The molecule has 0 fully saturated rings. The number of likely N-dealkylation sites (N-methyl/N-ethyl adjacent to an activating group) is 1. The second kappa shape index (κ2) is 7.07. The molecule has 118 valence electrons. The van der Waals surface area contributed by atoms with Crippen LogP contribution in [0.15, 0.2) is 6.07 Å². The molecule has 0 aliphatic rings. The summed E-state index contributed by atoms with van der Waals surface area (Å²) in [4.78, 5) is 24.4. The summed E-state index contributed by atoms with van der Waals surface area (Å²) in [5, 5.41) is 0.406. The Hall–Kier alpha value is -1.36.